The van der Waals surface area contributed by atoms with Crippen LogP contribution in [0, 0.1) is 17.6 Å². The van der Waals surface area contributed by atoms with Gasteiger partial charge in [0.05, 0.1) is 18.0 Å². The number of carbonyl (C=O) groups excluding carboxylic acids is 2. The second-order valence-electron chi connectivity index (χ2n) is 12.2. The second-order valence-corrected chi connectivity index (χ2v) is 12.2. The van der Waals surface area contributed by atoms with Crippen molar-refractivity contribution in [1.82, 2.24) is 24.4 Å². The summed E-state index contributed by atoms with van der Waals surface area (Å²) >= 11 is 0. The highest BCUT2D eigenvalue weighted by Gasteiger charge is 2.37. The van der Waals surface area contributed by atoms with E-state index in [1.807, 2.05) is 34.8 Å². The Morgan fingerprint density at radius 3 is 2.48 bits per heavy atom. The highest BCUT2D eigenvalue weighted by Crippen LogP contribution is 2.34. The van der Waals surface area contributed by atoms with Crippen molar-refractivity contribution < 1.29 is 23.1 Å². The third-order valence-corrected chi connectivity index (χ3v) is 9.42. The van der Waals surface area contributed by atoms with E-state index < -0.39 is 23.8 Å². The molecular formula is C33H36ClF2N7O3. The van der Waals surface area contributed by atoms with Gasteiger partial charge in [-0.2, -0.15) is 5.10 Å². The van der Waals surface area contributed by atoms with Gasteiger partial charge < -0.3 is 21.1 Å². The summed E-state index contributed by atoms with van der Waals surface area (Å²) in [7, 11) is 0. The number of fused-ring (bicyclic) bond motifs is 3. The fourth-order valence-corrected chi connectivity index (χ4v) is 6.92. The maximum absolute atomic E-state index is 14.5. The van der Waals surface area contributed by atoms with Gasteiger partial charge in [0.1, 0.15) is 23.4 Å². The molecule has 3 aliphatic rings. The standard InChI is InChI=1S/C33H35F2N7O3.ClH/c34-21-6-7-25(35)23(14-21)30-26(36)15-22(18-45-30)41-13-10-27-24(17-41)32-38-28(33(44)40-11-8-20(9-12-40)31(37)43)16-29(42(32)39-27)19-4-2-1-3-5-19;/h1-7,14,16,20,22,26,30H,8-13,15,17-18,36H2,(H2,37,43);1H/t22-,26+,30-;/m1./s1. The predicted octanol–water partition coefficient (Wildman–Crippen LogP) is 3.65. The molecule has 4 N–H and O–H groups in total. The first kappa shape index (κ1) is 32.0. The maximum atomic E-state index is 14.5. The zero-order valence-electron chi connectivity index (χ0n) is 25.1. The molecule has 0 unspecified atom stereocenters. The van der Waals surface area contributed by atoms with Crippen LogP contribution < -0.4 is 11.5 Å². The van der Waals surface area contributed by atoms with E-state index in [4.69, 9.17) is 26.3 Å². The van der Waals surface area contributed by atoms with Crippen LogP contribution >= 0.6 is 12.4 Å². The molecule has 2 aromatic carbocycles. The Morgan fingerprint density at radius 2 is 1.76 bits per heavy atom. The van der Waals surface area contributed by atoms with E-state index >= 15 is 0 Å². The Balaban J connectivity index is 0.00000372. The molecule has 46 heavy (non-hydrogen) atoms. The lowest BCUT2D eigenvalue weighted by atomic mass is 9.92. The maximum Gasteiger partial charge on any atom is 0.272 e. The molecule has 2 fully saturated rings. The summed E-state index contributed by atoms with van der Waals surface area (Å²) < 4.78 is 36.3. The molecule has 4 aromatic rings. The number of ether oxygens (including phenoxy) is 1. The molecule has 2 amide bonds. The van der Waals surface area contributed by atoms with Crippen LogP contribution in [0.15, 0.2) is 54.6 Å². The van der Waals surface area contributed by atoms with Gasteiger partial charge in [0.25, 0.3) is 5.91 Å². The quantitative estimate of drug-likeness (QED) is 0.337. The number of hydrogen-bond donors (Lipinski definition) is 2. The Bertz CT molecular complexity index is 1760. The number of carbonyl (C=O) groups is 2. The van der Waals surface area contributed by atoms with Gasteiger partial charge in [-0.3, -0.25) is 14.5 Å². The number of piperidine rings is 1. The number of aromatic nitrogens is 3. The van der Waals surface area contributed by atoms with Crippen LogP contribution in [0.25, 0.3) is 16.9 Å². The topological polar surface area (TPSA) is 132 Å². The summed E-state index contributed by atoms with van der Waals surface area (Å²) in [5.74, 6) is -1.81. The number of likely N-dealkylation sites (tertiary alicyclic amines) is 1. The third-order valence-electron chi connectivity index (χ3n) is 9.42. The van der Waals surface area contributed by atoms with Crippen molar-refractivity contribution in [2.75, 3.05) is 26.2 Å². The second kappa shape index (κ2) is 13.0. The van der Waals surface area contributed by atoms with Crippen LogP contribution in [0.2, 0.25) is 0 Å². The van der Waals surface area contributed by atoms with Crippen LogP contribution in [0.1, 0.15) is 52.7 Å². The molecule has 5 heterocycles. The van der Waals surface area contributed by atoms with Crippen molar-refractivity contribution in [3.63, 3.8) is 0 Å². The van der Waals surface area contributed by atoms with Crippen LogP contribution in [0.3, 0.4) is 0 Å². The molecule has 2 saturated heterocycles. The van der Waals surface area contributed by atoms with Crippen LogP contribution in [-0.2, 0) is 22.5 Å². The molecule has 7 rings (SSSR count). The smallest absolute Gasteiger partial charge is 0.272 e. The van der Waals surface area contributed by atoms with E-state index in [0.717, 1.165) is 47.3 Å². The summed E-state index contributed by atoms with van der Waals surface area (Å²) in [4.78, 5) is 34.3. The lowest BCUT2D eigenvalue weighted by Gasteiger charge is -2.41. The number of benzene rings is 2. The summed E-state index contributed by atoms with van der Waals surface area (Å²) in [6.07, 6.45) is 1.55. The molecule has 0 saturated carbocycles. The van der Waals surface area contributed by atoms with Gasteiger partial charge in [-0.25, -0.2) is 18.3 Å². The molecule has 0 spiro atoms. The molecule has 3 atom stereocenters. The number of amides is 2. The molecule has 13 heteroatoms. The van der Waals surface area contributed by atoms with Crippen molar-refractivity contribution in [1.29, 1.82) is 0 Å². The summed E-state index contributed by atoms with van der Waals surface area (Å²) in [5.41, 5.74) is 16.6. The fourth-order valence-electron chi connectivity index (χ4n) is 6.92. The minimum Gasteiger partial charge on any atom is -0.370 e. The van der Waals surface area contributed by atoms with E-state index in [9.17, 15) is 18.4 Å². The van der Waals surface area contributed by atoms with E-state index in [1.54, 1.807) is 11.0 Å². The van der Waals surface area contributed by atoms with Gasteiger partial charge in [-0.1, -0.05) is 30.3 Å². The number of hydrogen-bond acceptors (Lipinski definition) is 7. The van der Waals surface area contributed by atoms with Crippen molar-refractivity contribution in [3.05, 3.63) is 88.7 Å². The van der Waals surface area contributed by atoms with Crippen molar-refractivity contribution in [2.24, 2.45) is 17.4 Å². The Labute approximate surface area is 271 Å². The molecule has 2 aromatic heterocycles. The number of halogens is 3. The largest absolute Gasteiger partial charge is 0.370 e. The molecule has 0 bridgehead atoms. The first-order valence-corrected chi connectivity index (χ1v) is 15.4. The zero-order valence-corrected chi connectivity index (χ0v) is 26.0. The first-order chi connectivity index (χ1) is 21.8. The van der Waals surface area contributed by atoms with Gasteiger partial charge in [0.15, 0.2) is 5.65 Å². The highest BCUT2D eigenvalue weighted by atomic mass is 35.5. The summed E-state index contributed by atoms with van der Waals surface area (Å²) in [5, 5.41) is 4.95. The number of nitrogens with two attached hydrogens (primary N) is 2. The molecule has 10 nitrogen and oxygen atoms in total. The molecule has 0 radical (unpaired) electrons. The first-order valence-electron chi connectivity index (χ1n) is 15.4. The van der Waals surface area contributed by atoms with Crippen LogP contribution in [-0.4, -0.2) is 74.5 Å². The minimum absolute atomic E-state index is 0. The van der Waals surface area contributed by atoms with Crippen molar-refractivity contribution in [2.45, 2.75) is 50.4 Å². The average Bonchev–Trinajstić information content (AvgIpc) is 3.43. The SMILES string of the molecule is Cl.NC(=O)C1CCN(C(=O)c2cc(-c3ccccc3)n3nc4c(c3n2)CN([C@H]2CO[C@H](c3cc(F)ccc3F)[C@@H](N)C2)CC4)CC1. The summed E-state index contributed by atoms with van der Waals surface area (Å²) in [6, 6.07) is 14.4. The summed E-state index contributed by atoms with van der Waals surface area (Å²) in [6.45, 7) is 2.44. The number of primary amides is 1. The monoisotopic (exact) mass is 651 g/mol. The highest BCUT2D eigenvalue weighted by molar-refractivity contribution is 5.94. The van der Waals surface area contributed by atoms with Crippen LogP contribution in [0.5, 0.6) is 0 Å². The molecule has 242 valence electrons. The third kappa shape index (κ3) is 5.97. The van der Waals surface area contributed by atoms with E-state index in [-0.39, 0.29) is 41.7 Å². The van der Waals surface area contributed by atoms with Gasteiger partial charge in [-0.15, -0.1) is 12.4 Å². The molecule has 3 aliphatic heterocycles. The normalized spacial score (nSPS) is 22.3. The van der Waals surface area contributed by atoms with Crippen molar-refractivity contribution >= 4 is 29.9 Å². The lowest BCUT2D eigenvalue weighted by Crippen LogP contribution is -2.50. The van der Waals surface area contributed by atoms with Crippen LogP contribution in [0.4, 0.5) is 8.78 Å². The van der Waals surface area contributed by atoms with Crippen molar-refractivity contribution in [3.8, 4) is 11.3 Å². The number of nitrogens with zero attached hydrogens (tertiary/aromatic N) is 5. The minimum atomic E-state index is -0.731. The van der Waals surface area contributed by atoms with Gasteiger partial charge in [-0.05, 0) is 43.5 Å². The molecule has 0 aliphatic carbocycles. The Hall–Kier alpha value is -3.97. The Kier molecular flexibility index (Phi) is 9.06. The van der Waals surface area contributed by atoms with Gasteiger partial charge in [0.2, 0.25) is 5.91 Å². The Morgan fingerprint density at radius 1 is 1.00 bits per heavy atom. The predicted molar refractivity (Wildman–Crippen MR) is 169 cm³/mol. The molecular weight excluding hydrogens is 616 g/mol. The van der Waals surface area contributed by atoms with E-state index in [0.29, 0.717) is 63.3 Å². The average molecular weight is 652 g/mol. The fraction of sp³-hybridized carbons (Fsp3) is 0.394. The van der Waals surface area contributed by atoms with Gasteiger partial charge >= 0.3 is 0 Å². The van der Waals surface area contributed by atoms with Gasteiger partial charge in [0, 0.05) is 67.3 Å². The van der Waals surface area contributed by atoms with E-state index in [1.165, 1.54) is 0 Å². The zero-order chi connectivity index (χ0) is 31.2. The number of rotatable bonds is 5. The van der Waals surface area contributed by atoms with E-state index in [2.05, 4.69) is 4.90 Å². The lowest BCUT2D eigenvalue weighted by molar-refractivity contribution is -0.123.